The Bertz CT molecular complexity index is 1100. The predicted molar refractivity (Wildman–Crippen MR) is 143 cm³/mol. The van der Waals surface area contributed by atoms with Crippen LogP contribution in [0, 0.1) is 0 Å². The molecule has 0 aliphatic heterocycles. The number of anilines is 1. The van der Waals surface area contributed by atoms with Crippen molar-refractivity contribution >= 4 is 23.7 Å². The summed E-state index contributed by atoms with van der Waals surface area (Å²) in [7, 11) is 0. The molecule has 5 N–H and O–H groups in total. The van der Waals surface area contributed by atoms with Gasteiger partial charge in [-0.15, -0.1) is 0 Å². The summed E-state index contributed by atoms with van der Waals surface area (Å²) in [6.45, 7) is 11.0. The molecule has 37 heavy (non-hydrogen) atoms. The van der Waals surface area contributed by atoms with Crippen molar-refractivity contribution in [2.24, 2.45) is 5.73 Å². The van der Waals surface area contributed by atoms with Crippen molar-refractivity contribution in [3.8, 4) is 16.9 Å². The van der Waals surface area contributed by atoms with Crippen molar-refractivity contribution in [3.05, 3.63) is 48.0 Å². The number of alkyl carbamates (subject to hydrolysis) is 1. The number of ether oxygens (including phenoxy) is 2. The van der Waals surface area contributed by atoms with E-state index in [1.165, 1.54) is 12.1 Å². The van der Waals surface area contributed by atoms with Gasteiger partial charge in [0.1, 0.15) is 23.0 Å². The Morgan fingerprint density at radius 3 is 2.22 bits per heavy atom. The van der Waals surface area contributed by atoms with E-state index >= 15 is 0 Å². The molecule has 0 bridgehead atoms. The maximum Gasteiger partial charge on any atom is 0.408 e. The zero-order valence-corrected chi connectivity index (χ0v) is 22.5. The minimum atomic E-state index is -0.851. The van der Waals surface area contributed by atoms with Crippen LogP contribution in [0.3, 0.4) is 0 Å². The normalized spacial score (nSPS) is 12.4. The number of unbranched alkanes of at least 4 members (excludes halogenated alkanes) is 1. The van der Waals surface area contributed by atoms with E-state index in [1.807, 2.05) is 0 Å². The molecule has 0 radical (unpaired) electrons. The van der Waals surface area contributed by atoms with Crippen LogP contribution < -0.4 is 16.4 Å². The largest absolute Gasteiger partial charge is 0.508 e. The number of carbonyl (C=O) groups is 3. The lowest BCUT2D eigenvalue weighted by Gasteiger charge is -2.24. The molecule has 0 saturated carbocycles. The van der Waals surface area contributed by atoms with Crippen LogP contribution in [0.2, 0.25) is 0 Å². The molecular formula is C28H39N3O6. The third kappa shape index (κ3) is 10.1. The summed E-state index contributed by atoms with van der Waals surface area (Å²) in [5.74, 6) is -0.937. The minimum Gasteiger partial charge on any atom is -0.508 e. The van der Waals surface area contributed by atoms with Gasteiger partial charge in [0, 0.05) is 5.69 Å². The molecule has 0 heterocycles. The number of aromatic hydroxyl groups is 1. The van der Waals surface area contributed by atoms with Gasteiger partial charge in [-0.25, -0.2) is 9.59 Å². The third-order valence-electron chi connectivity index (χ3n) is 5.02. The lowest BCUT2D eigenvalue weighted by Crippen LogP contribution is -2.45. The summed E-state index contributed by atoms with van der Waals surface area (Å²) in [5.41, 5.74) is 5.91. The molecule has 1 unspecified atom stereocenters. The Morgan fingerprint density at radius 2 is 1.62 bits per heavy atom. The number of carbonyl (C=O) groups excluding carboxylic acids is 3. The van der Waals surface area contributed by atoms with Gasteiger partial charge in [-0.2, -0.15) is 0 Å². The number of esters is 1. The van der Waals surface area contributed by atoms with E-state index in [4.69, 9.17) is 15.2 Å². The number of phenols is 1. The molecule has 0 aliphatic carbocycles. The van der Waals surface area contributed by atoms with E-state index in [0.29, 0.717) is 42.6 Å². The lowest BCUT2D eigenvalue weighted by molar-refractivity contribution is -0.118. The van der Waals surface area contributed by atoms with Crippen LogP contribution in [0.25, 0.3) is 11.1 Å². The van der Waals surface area contributed by atoms with Crippen molar-refractivity contribution < 1.29 is 29.0 Å². The number of benzene rings is 2. The van der Waals surface area contributed by atoms with E-state index in [2.05, 4.69) is 10.6 Å². The Kier molecular flexibility index (Phi) is 10.1. The first-order valence-corrected chi connectivity index (χ1v) is 12.4. The number of hydrogen-bond acceptors (Lipinski definition) is 7. The van der Waals surface area contributed by atoms with Crippen molar-refractivity contribution in [2.45, 2.75) is 78.0 Å². The summed E-state index contributed by atoms with van der Waals surface area (Å²) in [5, 5.41) is 15.5. The summed E-state index contributed by atoms with van der Waals surface area (Å²) in [6.07, 6.45) is 1.02. The first-order valence-electron chi connectivity index (χ1n) is 12.4. The van der Waals surface area contributed by atoms with Crippen LogP contribution in [-0.4, -0.2) is 46.9 Å². The molecule has 0 spiro atoms. The summed E-state index contributed by atoms with van der Waals surface area (Å²) in [4.78, 5) is 38.4. The SMILES string of the molecule is CC(C)(C)OC(=O)NC(CCCCN)C(=O)Nc1ccc(C(=O)OC(C)(C)C)c(-c2cccc(O)c2)c1. The number of hydrogen-bond donors (Lipinski definition) is 4. The first kappa shape index (κ1) is 29.6. The van der Waals surface area contributed by atoms with Gasteiger partial charge in [-0.05, 0) is 109 Å². The molecule has 0 fully saturated rings. The van der Waals surface area contributed by atoms with Crippen molar-refractivity contribution in [3.63, 3.8) is 0 Å². The standard InChI is InChI=1S/C28H39N3O6/c1-27(2,3)36-25(34)21-14-13-19(17-22(21)18-10-9-11-20(32)16-18)30-24(33)23(12-7-8-15-29)31-26(35)37-28(4,5)6/h9-11,13-14,16-17,23,32H,7-8,12,15,29H2,1-6H3,(H,30,33)(H,31,35). The van der Waals surface area contributed by atoms with Gasteiger partial charge >= 0.3 is 12.1 Å². The van der Waals surface area contributed by atoms with Crippen molar-refractivity contribution in [1.29, 1.82) is 0 Å². The Labute approximate surface area is 218 Å². The maximum atomic E-state index is 13.2. The van der Waals surface area contributed by atoms with Gasteiger partial charge in [0.25, 0.3) is 0 Å². The van der Waals surface area contributed by atoms with Crippen LogP contribution in [0.4, 0.5) is 10.5 Å². The molecule has 2 rings (SSSR count). The molecule has 2 aromatic carbocycles. The third-order valence-corrected chi connectivity index (χ3v) is 5.02. The zero-order chi connectivity index (χ0) is 27.8. The van der Waals surface area contributed by atoms with Crippen LogP contribution >= 0.6 is 0 Å². The number of rotatable bonds is 9. The Hall–Kier alpha value is -3.59. The van der Waals surface area contributed by atoms with E-state index in [1.54, 1.807) is 71.9 Å². The topological polar surface area (TPSA) is 140 Å². The van der Waals surface area contributed by atoms with E-state index in [9.17, 15) is 19.5 Å². The number of phenolic OH excluding ortho intramolecular Hbond substituents is 1. The second-order valence-corrected chi connectivity index (χ2v) is 10.8. The molecule has 202 valence electrons. The molecule has 0 saturated heterocycles. The van der Waals surface area contributed by atoms with Gasteiger partial charge in [-0.3, -0.25) is 4.79 Å². The monoisotopic (exact) mass is 513 g/mol. The Morgan fingerprint density at radius 1 is 0.946 bits per heavy atom. The lowest BCUT2D eigenvalue weighted by atomic mass is 9.98. The second-order valence-electron chi connectivity index (χ2n) is 10.8. The Balaban J connectivity index is 2.36. The van der Waals surface area contributed by atoms with Gasteiger partial charge in [0.05, 0.1) is 5.56 Å². The minimum absolute atomic E-state index is 0.0311. The van der Waals surface area contributed by atoms with E-state index in [0.717, 1.165) is 0 Å². The smallest absolute Gasteiger partial charge is 0.408 e. The fraction of sp³-hybridized carbons (Fsp3) is 0.464. The molecular weight excluding hydrogens is 474 g/mol. The molecule has 2 amide bonds. The fourth-order valence-corrected chi connectivity index (χ4v) is 3.49. The highest BCUT2D eigenvalue weighted by Crippen LogP contribution is 2.31. The average molecular weight is 514 g/mol. The quantitative estimate of drug-likeness (QED) is 0.274. The summed E-state index contributed by atoms with van der Waals surface area (Å²) in [6, 6.07) is 10.4. The molecule has 9 nitrogen and oxygen atoms in total. The van der Waals surface area contributed by atoms with Gasteiger partial charge in [0.15, 0.2) is 0 Å². The highest BCUT2D eigenvalue weighted by atomic mass is 16.6. The number of nitrogens with one attached hydrogen (secondary N) is 2. The maximum absolute atomic E-state index is 13.2. The highest BCUT2D eigenvalue weighted by molar-refractivity contribution is 6.01. The van der Waals surface area contributed by atoms with Crippen LogP contribution in [-0.2, 0) is 14.3 Å². The first-order chi connectivity index (χ1) is 17.2. The zero-order valence-electron chi connectivity index (χ0n) is 22.5. The van der Waals surface area contributed by atoms with Crippen molar-refractivity contribution in [1.82, 2.24) is 5.32 Å². The molecule has 2 aromatic rings. The van der Waals surface area contributed by atoms with Crippen LogP contribution in [0.1, 0.15) is 71.2 Å². The van der Waals surface area contributed by atoms with Crippen LogP contribution in [0.15, 0.2) is 42.5 Å². The molecule has 9 heteroatoms. The molecule has 0 aliphatic rings. The van der Waals surface area contributed by atoms with Gasteiger partial charge < -0.3 is 30.9 Å². The van der Waals surface area contributed by atoms with Crippen molar-refractivity contribution in [2.75, 3.05) is 11.9 Å². The molecule has 1 atom stereocenters. The van der Waals surface area contributed by atoms with Crippen LogP contribution in [0.5, 0.6) is 5.75 Å². The predicted octanol–water partition coefficient (Wildman–Crippen LogP) is 4.98. The van der Waals surface area contributed by atoms with E-state index in [-0.39, 0.29) is 11.3 Å². The second kappa shape index (κ2) is 12.6. The summed E-state index contributed by atoms with van der Waals surface area (Å²) < 4.78 is 10.9. The number of nitrogens with two attached hydrogens (primary N) is 1. The number of amides is 2. The van der Waals surface area contributed by atoms with Gasteiger partial charge in [0.2, 0.25) is 5.91 Å². The molecule has 0 aromatic heterocycles. The average Bonchev–Trinajstić information content (AvgIpc) is 2.76. The van der Waals surface area contributed by atoms with Gasteiger partial charge in [-0.1, -0.05) is 12.1 Å². The highest BCUT2D eigenvalue weighted by Gasteiger charge is 2.25. The fourth-order valence-electron chi connectivity index (χ4n) is 3.49. The van der Waals surface area contributed by atoms with E-state index < -0.39 is 35.2 Å². The summed E-state index contributed by atoms with van der Waals surface area (Å²) >= 11 is 0.